The van der Waals surface area contributed by atoms with Gasteiger partial charge in [-0.05, 0) is 29.8 Å². The van der Waals surface area contributed by atoms with E-state index < -0.39 is 5.82 Å². The van der Waals surface area contributed by atoms with Gasteiger partial charge in [0, 0.05) is 70.7 Å². The normalized spacial score (nSPS) is 16.6. The van der Waals surface area contributed by atoms with Crippen LogP contribution in [-0.2, 0) is 6.54 Å². The molecule has 2 fully saturated rings. The van der Waals surface area contributed by atoms with Gasteiger partial charge in [-0.1, -0.05) is 42.5 Å². The van der Waals surface area contributed by atoms with Gasteiger partial charge < -0.3 is 14.7 Å². The van der Waals surface area contributed by atoms with Crippen molar-refractivity contribution in [1.82, 2.24) is 9.80 Å². The van der Waals surface area contributed by atoms with Gasteiger partial charge >= 0.3 is 0 Å². The minimum absolute atomic E-state index is 0.0833. The number of carbonyl (C=O) groups excluding carboxylic acids is 1. The fraction of sp³-hybridized carbons (Fsp3) is 0.321. The molecule has 2 aliphatic rings. The molecule has 1 amide bonds. The molecule has 0 spiro atoms. The molecular weight excluding hydrogens is 473 g/mol. The largest absolute Gasteiger partial charge is 0.368 e. The van der Waals surface area contributed by atoms with Crippen molar-refractivity contribution in [2.45, 2.75) is 6.54 Å². The van der Waals surface area contributed by atoms with Crippen LogP contribution in [0.1, 0.15) is 15.9 Å². The van der Waals surface area contributed by atoms with Gasteiger partial charge in [-0.15, -0.1) is 0 Å². The minimum Gasteiger partial charge on any atom is -0.368 e. The van der Waals surface area contributed by atoms with Gasteiger partial charge in [0.25, 0.3) is 11.6 Å². The molecule has 3 aromatic rings. The van der Waals surface area contributed by atoms with E-state index in [-0.39, 0.29) is 22.1 Å². The van der Waals surface area contributed by atoms with Gasteiger partial charge in [0.2, 0.25) is 0 Å². The lowest BCUT2D eigenvalue weighted by atomic mass is 10.1. The summed E-state index contributed by atoms with van der Waals surface area (Å²) in [5.41, 5.74) is 2.97. The van der Waals surface area contributed by atoms with E-state index in [9.17, 15) is 19.3 Å². The van der Waals surface area contributed by atoms with Crippen molar-refractivity contribution in [3.05, 3.63) is 99.9 Å². The summed E-state index contributed by atoms with van der Waals surface area (Å²) >= 11 is 0. The van der Waals surface area contributed by atoms with Crippen molar-refractivity contribution in [2.24, 2.45) is 0 Å². The van der Waals surface area contributed by atoms with Crippen molar-refractivity contribution in [2.75, 3.05) is 62.2 Å². The first-order valence-electron chi connectivity index (χ1n) is 12.6. The molecule has 2 heterocycles. The highest BCUT2D eigenvalue weighted by Crippen LogP contribution is 2.34. The second-order valence-electron chi connectivity index (χ2n) is 9.44. The summed E-state index contributed by atoms with van der Waals surface area (Å²) in [5, 5.41) is 11.8. The third-order valence-corrected chi connectivity index (χ3v) is 7.15. The van der Waals surface area contributed by atoms with Crippen LogP contribution in [0.3, 0.4) is 0 Å². The lowest BCUT2D eigenvalue weighted by molar-refractivity contribution is -0.384. The molecule has 0 radical (unpaired) electrons. The Morgan fingerprint density at radius 2 is 1.46 bits per heavy atom. The Morgan fingerprint density at radius 3 is 2.14 bits per heavy atom. The monoisotopic (exact) mass is 503 g/mol. The SMILES string of the molecule is O=C(c1ccccc1F)N1CCN(c2ccc([N+](=O)[O-])c(N3CCN(Cc4ccccc4)CC3)c2)CC1. The first-order valence-corrected chi connectivity index (χ1v) is 12.6. The number of nitro benzene ring substituents is 1. The molecule has 0 aromatic heterocycles. The molecule has 37 heavy (non-hydrogen) atoms. The zero-order chi connectivity index (χ0) is 25.8. The summed E-state index contributed by atoms with van der Waals surface area (Å²) in [6.45, 7) is 6.00. The Hall–Kier alpha value is -3.98. The van der Waals surface area contributed by atoms with Crippen LogP contribution in [0.4, 0.5) is 21.5 Å². The molecule has 0 atom stereocenters. The van der Waals surface area contributed by atoms with Crippen LogP contribution >= 0.6 is 0 Å². The number of carbonyl (C=O) groups is 1. The number of nitrogens with zero attached hydrogens (tertiary/aromatic N) is 5. The average molecular weight is 504 g/mol. The quantitative estimate of drug-likeness (QED) is 0.374. The molecule has 8 nitrogen and oxygen atoms in total. The number of benzene rings is 3. The van der Waals surface area contributed by atoms with E-state index in [4.69, 9.17) is 0 Å². The van der Waals surface area contributed by atoms with E-state index in [1.54, 1.807) is 29.2 Å². The van der Waals surface area contributed by atoms with E-state index in [0.29, 0.717) is 45.0 Å². The first kappa shape index (κ1) is 24.7. The molecule has 0 saturated carbocycles. The second kappa shape index (κ2) is 11.0. The molecular formula is C28H30FN5O3. The summed E-state index contributed by atoms with van der Waals surface area (Å²) < 4.78 is 14.1. The van der Waals surface area contributed by atoms with E-state index in [1.807, 2.05) is 24.3 Å². The Morgan fingerprint density at radius 1 is 0.811 bits per heavy atom. The maximum atomic E-state index is 14.1. The van der Waals surface area contributed by atoms with Crippen LogP contribution in [0, 0.1) is 15.9 Å². The number of hydrogen-bond donors (Lipinski definition) is 0. The summed E-state index contributed by atoms with van der Waals surface area (Å²) in [6.07, 6.45) is 0. The summed E-state index contributed by atoms with van der Waals surface area (Å²) in [6, 6.07) is 21.6. The molecule has 2 saturated heterocycles. The number of nitro groups is 1. The summed E-state index contributed by atoms with van der Waals surface area (Å²) in [5.74, 6) is -0.825. The van der Waals surface area contributed by atoms with Crippen LogP contribution in [0.25, 0.3) is 0 Å². The standard InChI is InChI=1S/C28H30FN5O3/c29-25-9-5-4-8-24(25)28(35)33-18-16-31(17-19-33)23-10-11-26(34(36)37)27(20-23)32-14-12-30(13-15-32)21-22-6-2-1-3-7-22/h1-11,20H,12-19,21H2. The van der Waals surface area contributed by atoms with Gasteiger partial charge in [-0.3, -0.25) is 19.8 Å². The Labute approximate surface area is 215 Å². The van der Waals surface area contributed by atoms with Gasteiger partial charge in [-0.25, -0.2) is 4.39 Å². The molecule has 2 aliphatic heterocycles. The molecule has 3 aromatic carbocycles. The number of hydrogen-bond acceptors (Lipinski definition) is 6. The Kier molecular flexibility index (Phi) is 7.32. The number of piperazine rings is 2. The average Bonchev–Trinajstić information content (AvgIpc) is 2.94. The highest BCUT2D eigenvalue weighted by atomic mass is 19.1. The summed E-state index contributed by atoms with van der Waals surface area (Å²) in [7, 11) is 0. The highest BCUT2D eigenvalue weighted by Gasteiger charge is 2.28. The molecule has 9 heteroatoms. The minimum atomic E-state index is -0.515. The van der Waals surface area contributed by atoms with E-state index in [1.165, 1.54) is 17.7 Å². The van der Waals surface area contributed by atoms with Crippen molar-refractivity contribution < 1.29 is 14.1 Å². The Balaban J connectivity index is 1.25. The van der Waals surface area contributed by atoms with E-state index >= 15 is 0 Å². The van der Waals surface area contributed by atoms with Crippen molar-refractivity contribution in [3.8, 4) is 0 Å². The third-order valence-electron chi connectivity index (χ3n) is 7.15. The lowest BCUT2D eigenvalue weighted by Crippen LogP contribution is -2.49. The molecule has 0 aliphatic carbocycles. The fourth-order valence-corrected chi connectivity index (χ4v) is 5.08. The smallest absolute Gasteiger partial charge is 0.292 e. The maximum Gasteiger partial charge on any atom is 0.292 e. The van der Waals surface area contributed by atoms with Crippen LogP contribution < -0.4 is 9.80 Å². The molecule has 0 unspecified atom stereocenters. The van der Waals surface area contributed by atoms with Gasteiger partial charge in [0.1, 0.15) is 11.5 Å². The fourth-order valence-electron chi connectivity index (χ4n) is 5.08. The van der Waals surface area contributed by atoms with E-state index in [0.717, 1.165) is 25.3 Å². The Bertz CT molecular complexity index is 1260. The lowest BCUT2D eigenvalue weighted by Gasteiger charge is -2.38. The number of amides is 1. The van der Waals surface area contributed by atoms with Gasteiger partial charge in [0.05, 0.1) is 10.5 Å². The zero-order valence-corrected chi connectivity index (χ0v) is 20.6. The highest BCUT2D eigenvalue weighted by molar-refractivity contribution is 5.94. The maximum absolute atomic E-state index is 14.1. The predicted molar refractivity (Wildman–Crippen MR) is 142 cm³/mol. The van der Waals surface area contributed by atoms with Crippen LogP contribution in [-0.4, -0.2) is 73.0 Å². The summed E-state index contributed by atoms with van der Waals surface area (Å²) in [4.78, 5) is 32.5. The molecule has 192 valence electrons. The molecule has 0 bridgehead atoms. The first-order chi connectivity index (χ1) is 18.0. The van der Waals surface area contributed by atoms with Crippen molar-refractivity contribution >= 4 is 23.0 Å². The zero-order valence-electron chi connectivity index (χ0n) is 20.6. The third kappa shape index (κ3) is 5.56. The number of anilines is 2. The second-order valence-corrected chi connectivity index (χ2v) is 9.44. The topological polar surface area (TPSA) is 73.2 Å². The number of halogens is 1. The predicted octanol–water partition coefficient (Wildman–Crippen LogP) is 4.02. The van der Waals surface area contributed by atoms with Crippen LogP contribution in [0.2, 0.25) is 0 Å². The van der Waals surface area contributed by atoms with Gasteiger partial charge in [-0.2, -0.15) is 0 Å². The van der Waals surface area contributed by atoms with Crippen LogP contribution in [0.5, 0.6) is 0 Å². The van der Waals surface area contributed by atoms with Crippen LogP contribution in [0.15, 0.2) is 72.8 Å². The number of rotatable bonds is 6. The van der Waals surface area contributed by atoms with Crippen molar-refractivity contribution in [1.29, 1.82) is 0 Å². The van der Waals surface area contributed by atoms with Crippen molar-refractivity contribution in [3.63, 3.8) is 0 Å². The molecule has 5 rings (SSSR count). The molecule has 0 N–H and O–H groups in total. The van der Waals surface area contributed by atoms with Gasteiger partial charge in [0.15, 0.2) is 0 Å². The van der Waals surface area contributed by atoms with E-state index in [2.05, 4.69) is 26.8 Å².